The van der Waals surface area contributed by atoms with Gasteiger partial charge < -0.3 is 11.1 Å². The molecule has 1 aromatic carbocycles. The largest absolute Gasteiger partial charge is 0.369 e. The number of nitrogens with zero attached hydrogens (tertiary/aromatic N) is 2. The third kappa shape index (κ3) is 7.81. The van der Waals surface area contributed by atoms with Crippen molar-refractivity contribution in [1.82, 2.24) is 10.6 Å². The average Bonchev–Trinajstić information content (AvgIpc) is 2.45. The molecule has 2 amide bonds. The van der Waals surface area contributed by atoms with Crippen LogP contribution in [-0.2, 0) is 4.79 Å². The number of aliphatic imine (C=N–C) groups is 2. The Balaban J connectivity index is 0.000000763. The first-order valence-corrected chi connectivity index (χ1v) is 6.95. The SMILES string of the molecule is CCN=C=O.CCNC(=O)NC(N)=Nc1c(C)cccc1C. The van der Waals surface area contributed by atoms with Gasteiger partial charge in [-0.1, -0.05) is 18.2 Å². The third-order valence-electron chi connectivity index (χ3n) is 2.47. The van der Waals surface area contributed by atoms with E-state index in [1.807, 2.05) is 39.0 Å². The van der Waals surface area contributed by atoms with Crippen LogP contribution in [0.3, 0.4) is 0 Å². The Bertz CT molecular complexity index is 543. The summed E-state index contributed by atoms with van der Waals surface area (Å²) in [6, 6.07) is 5.51. The minimum Gasteiger partial charge on any atom is -0.369 e. The summed E-state index contributed by atoms with van der Waals surface area (Å²) in [6.45, 7) is 8.60. The molecule has 0 fully saturated rings. The van der Waals surface area contributed by atoms with Gasteiger partial charge in [0.15, 0.2) is 0 Å². The first-order valence-electron chi connectivity index (χ1n) is 6.95. The van der Waals surface area contributed by atoms with Gasteiger partial charge >= 0.3 is 6.03 Å². The highest BCUT2D eigenvalue weighted by molar-refractivity contribution is 5.96. The van der Waals surface area contributed by atoms with Crippen LogP contribution in [0.4, 0.5) is 10.5 Å². The number of carbonyl (C=O) groups is 1. The maximum Gasteiger partial charge on any atom is 0.321 e. The molecule has 4 N–H and O–H groups in total. The van der Waals surface area contributed by atoms with Gasteiger partial charge in [-0.3, -0.25) is 5.32 Å². The summed E-state index contributed by atoms with van der Waals surface area (Å²) < 4.78 is 0. The molecule has 7 nitrogen and oxygen atoms in total. The summed E-state index contributed by atoms with van der Waals surface area (Å²) in [7, 11) is 0. The van der Waals surface area contributed by atoms with Crippen LogP contribution in [-0.4, -0.2) is 31.2 Å². The highest BCUT2D eigenvalue weighted by Gasteiger charge is 2.03. The van der Waals surface area contributed by atoms with Gasteiger partial charge in [-0.2, -0.15) is 0 Å². The molecule has 0 bridgehead atoms. The molecule has 0 aliphatic heterocycles. The number of carbonyl (C=O) groups excluding carboxylic acids is 2. The number of isocyanates is 1. The molecule has 0 atom stereocenters. The van der Waals surface area contributed by atoms with Crippen LogP contribution in [0.5, 0.6) is 0 Å². The number of rotatable bonds is 3. The van der Waals surface area contributed by atoms with Crippen LogP contribution in [0.2, 0.25) is 0 Å². The number of hydrogen-bond acceptors (Lipinski definition) is 4. The normalized spacial score (nSPS) is 9.91. The fourth-order valence-corrected chi connectivity index (χ4v) is 1.52. The number of para-hydroxylation sites is 1. The molecule has 0 radical (unpaired) electrons. The zero-order valence-electron chi connectivity index (χ0n) is 13.4. The van der Waals surface area contributed by atoms with Gasteiger partial charge in [0, 0.05) is 13.1 Å². The minimum absolute atomic E-state index is 0.0911. The molecule has 0 aromatic heterocycles. The van der Waals surface area contributed by atoms with Gasteiger partial charge in [-0.15, -0.1) is 0 Å². The lowest BCUT2D eigenvalue weighted by atomic mass is 10.1. The Kier molecular flexibility index (Phi) is 9.71. The van der Waals surface area contributed by atoms with Crippen molar-refractivity contribution in [2.24, 2.45) is 15.7 Å². The number of nitrogens with one attached hydrogen (secondary N) is 2. The van der Waals surface area contributed by atoms with E-state index in [4.69, 9.17) is 10.5 Å². The Labute approximate surface area is 130 Å². The summed E-state index contributed by atoms with van der Waals surface area (Å²) >= 11 is 0. The molecule has 0 aliphatic rings. The molecular formula is C15H23N5O2. The van der Waals surface area contributed by atoms with Crippen LogP contribution in [0.25, 0.3) is 0 Å². The standard InChI is InChI=1S/C12H18N4O.C3H5NO/c1-4-14-12(17)16-11(13)15-10-8(2)6-5-7-9(10)3;1-2-4-3-5/h5-7H,4H2,1-3H3,(H4,13,14,15,16,17);2H2,1H3. The molecule has 0 saturated carbocycles. The van der Waals surface area contributed by atoms with Crippen LogP contribution < -0.4 is 16.4 Å². The molecule has 0 aliphatic carbocycles. The summed E-state index contributed by atoms with van der Waals surface area (Å²) in [5.74, 6) is 0.0911. The minimum atomic E-state index is -0.347. The molecule has 0 unspecified atom stereocenters. The molecule has 0 heterocycles. The van der Waals surface area contributed by atoms with Crippen molar-refractivity contribution in [3.63, 3.8) is 0 Å². The number of hydrogen-bond donors (Lipinski definition) is 3. The summed E-state index contributed by atoms with van der Waals surface area (Å²) in [5, 5.41) is 5.04. The zero-order valence-corrected chi connectivity index (χ0v) is 13.4. The Hall–Kier alpha value is -2.66. The van der Waals surface area contributed by atoms with Gasteiger partial charge in [-0.25, -0.2) is 19.6 Å². The first kappa shape index (κ1) is 19.3. The van der Waals surface area contributed by atoms with E-state index in [1.54, 1.807) is 6.92 Å². The van der Waals surface area contributed by atoms with Crippen molar-refractivity contribution < 1.29 is 9.59 Å². The van der Waals surface area contributed by atoms with E-state index in [0.717, 1.165) is 16.8 Å². The van der Waals surface area contributed by atoms with Crippen molar-refractivity contribution in [2.75, 3.05) is 13.1 Å². The maximum atomic E-state index is 11.2. The molecular weight excluding hydrogens is 282 g/mol. The summed E-state index contributed by atoms with van der Waals surface area (Å²) in [6.07, 6.45) is 1.39. The van der Waals surface area contributed by atoms with E-state index < -0.39 is 0 Å². The van der Waals surface area contributed by atoms with E-state index in [2.05, 4.69) is 20.6 Å². The monoisotopic (exact) mass is 305 g/mol. The number of nitrogens with two attached hydrogens (primary N) is 1. The smallest absolute Gasteiger partial charge is 0.321 e. The molecule has 7 heteroatoms. The first-order chi connectivity index (χ1) is 10.5. The second-order valence-electron chi connectivity index (χ2n) is 4.29. The fraction of sp³-hybridized carbons (Fsp3) is 0.400. The van der Waals surface area contributed by atoms with E-state index >= 15 is 0 Å². The maximum absolute atomic E-state index is 11.2. The highest BCUT2D eigenvalue weighted by Crippen LogP contribution is 2.22. The zero-order chi connectivity index (χ0) is 17.0. The third-order valence-corrected chi connectivity index (χ3v) is 2.47. The van der Waals surface area contributed by atoms with Crippen molar-refractivity contribution in [2.45, 2.75) is 27.7 Å². The highest BCUT2D eigenvalue weighted by atomic mass is 16.2. The van der Waals surface area contributed by atoms with Gasteiger partial charge in [0.2, 0.25) is 12.0 Å². The van der Waals surface area contributed by atoms with E-state index in [1.165, 1.54) is 6.08 Å². The van der Waals surface area contributed by atoms with Gasteiger partial charge in [0.25, 0.3) is 0 Å². The number of guanidine groups is 1. The lowest BCUT2D eigenvalue weighted by Crippen LogP contribution is -2.43. The van der Waals surface area contributed by atoms with Gasteiger partial charge in [0.05, 0.1) is 5.69 Å². The van der Waals surface area contributed by atoms with Gasteiger partial charge in [0.1, 0.15) is 0 Å². The average molecular weight is 305 g/mol. The number of benzene rings is 1. The lowest BCUT2D eigenvalue weighted by Gasteiger charge is -2.07. The molecule has 120 valence electrons. The fourth-order valence-electron chi connectivity index (χ4n) is 1.52. The molecule has 0 spiro atoms. The summed E-state index contributed by atoms with van der Waals surface area (Å²) in [5.41, 5.74) is 8.48. The van der Waals surface area contributed by atoms with Crippen molar-refractivity contribution in [1.29, 1.82) is 0 Å². The van der Waals surface area contributed by atoms with Crippen molar-refractivity contribution in [3.05, 3.63) is 29.3 Å². The number of aryl methyl sites for hydroxylation is 2. The predicted molar refractivity (Wildman–Crippen MR) is 88.1 cm³/mol. The molecule has 22 heavy (non-hydrogen) atoms. The van der Waals surface area contributed by atoms with Crippen LogP contribution in [0.1, 0.15) is 25.0 Å². The second kappa shape index (κ2) is 11.0. The van der Waals surface area contributed by atoms with E-state index in [9.17, 15) is 4.79 Å². The molecule has 1 aromatic rings. The van der Waals surface area contributed by atoms with E-state index in [0.29, 0.717) is 13.1 Å². The topological polar surface area (TPSA) is 109 Å². The molecule has 0 saturated heterocycles. The Morgan fingerprint density at radius 3 is 2.27 bits per heavy atom. The number of urea groups is 1. The lowest BCUT2D eigenvalue weighted by molar-refractivity contribution is 0.245. The Morgan fingerprint density at radius 2 is 1.86 bits per heavy atom. The van der Waals surface area contributed by atoms with Crippen molar-refractivity contribution >= 4 is 23.8 Å². The quantitative estimate of drug-likeness (QED) is 0.451. The predicted octanol–water partition coefficient (Wildman–Crippen LogP) is 1.91. The number of amides is 2. The van der Waals surface area contributed by atoms with E-state index in [-0.39, 0.29) is 12.0 Å². The van der Waals surface area contributed by atoms with Gasteiger partial charge in [-0.05, 0) is 38.8 Å². The second-order valence-corrected chi connectivity index (χ2v) is 4.29. The summed E-state index contributed by atoms with van der Waals surface area (Å²) in [4.78, 5) is 27.7. The van der Waals surface area contributed by atoms with Crippen LogP contribution in [0.15, 0.2) is 28.2 Å². The molecule has 1 rings (SSSR count). The van der Waals surface area contributed by atoms with Crippen LogP contribution >= 0.6 is 0 Å². The van der Waals surface area contributed by atoms with Crippen LogP contribution in [0, 0.1) is 13.8 Å². The van der Waals surface area contributed by atoms with Crippen molar-refractivity contribution in [3.8, 4) is 0 Å². The Morgan fingerprint density at radius 1 is 1.27 bits per heavy atom.